The summed E-state index contributed by atoms with van der Waals surface area (Å²) in [5, 5.41) is 2.55. The number of amides is 2. The molecule has 2 rings (SSSR count). The molecule has 0 aliphatic carbocycles. The Labute approximate surface area is 188 Å². The van der Waals surface area contributed by atoms with E-state index in [-0.39, 0.29) is 17.4 Å². The molecule has 0 aromatic heterocycles. The highest BCUT2D eigenvalue weighted by molar-refractivity contribution is 5.98. The van der Waals surface area contributed by atoms with Crippen LogP contribution in [0.4, 0.5) is 19.3 Å². The first-order valence-corrected chi connectivity index (χ1v) is 10.5. The van der Waals surface area contributed by atoms with Crippen LogP contribution in [-0.4, -0.2) is 30.7 Å². The zero-order valence-corrected chi connectivity index (χ0v) is 19.8. The number of rotatable bonds is 5. The van der Waals surface area contributed by atoms with Crippen molar-refractivity contribution < 1.29 is 23.1 Å². The number of hydrogen-bond acceptors (Lipinski definition) is 3. The maximum Gasteiger partial charge on any atom is 0.408 e. The fraction of sp³-hybridized carbons (Fsp3) is 0.440. The van der Waals surface area contributed by atoms with Gasteiger partial charge in [-0.05, 0) is 61.6 Å². The third kappa shape index (κ3) is 7.32. The minimum Gasteiger partial charge on any atom is -0.444 e. The molecule has 0 spiro atoms. The Morgan fingerprint density at radius 1 is 0.969 bits per heavy atom. The third-order valence-corrected chi connectivity index (χ3v) is 4.80. The number of carbonyl (C=O) groups excluding carboxylic acids is 2. The van der Waals surface area contributed by atoms with E-state index in [9.17, 15) is 18.4 Å². The highest BCUT2D eigenvalue weighted by atomic mass is 19.1. The number of halogens is 2. The molecule has 0 bridgehead atoms. The van der Waals surface area contributed by atoms with Gasteiger partial charge in [0.2, 0.25) is 5.91 Å². The van der Waals surface area contributed by atoms with Gasteiger partial charge in [-0.1, -0.05) is 32.9 Å². The molecule has 2 aromatic rings. The Bertz CT molecular complexity index is 940. The predicted octanol–water partition coefficient (Wildman–Crippen LogP) is 5.36. The molecule has 32 heavy (non-hydrogen) atoms. The van der Waals surface area contributed by atoms with E-state index in [1.807, 2.05) is 24.3 Å². The van der Waals surface area contributed by atoms with Gasteiger partial charge in [-0.2, -0.15) is 0 Å². The average Bonchev–Trinajstić information content (AvgIpc) is 2.63. The predicted molar refractivity (Wildman–Crippen MR) is 122 cm³/mol. The van der Waals surface area contributed by atoms with Gasteiger partial charge >= 0.3 is 6.09 Å². The van der Waals surface area contributed by atoms with Gasteiger partial charge in [0.1, 0.15) is 23.3 Å². The second-order valence-corrected chi connectivity index (χ2v) is 9.87. The zero-order chi connectivity index (χ0) is 24.3. The SMILES string of the molecule is CN(C(=O)[C@H](Cc1cc(F)cc(F)c1)NC(=O)OC(C)(C)C)c1ccc(C(C)(C)C)cc1. The lowest BCUT2D eigenvalue weighted by Crippen LogP contribution is -2.50. The van der Waals surface area contributed by atoms with E-state index in [4.69, 9.17) is 4.74 Å². The van der Waals surface area contributed by atoms with Crippen LogP contribution in [-0.2, 0) is 21.4 Å². The average molecular weight is 447 g/mol. The number of anilines is 1. The summed E-state index contributed by atoms with van der Waals surface area (Å²) in [4.78, 5) is 27.0. The lowest BCUT2D eigenvalue weighted by atomic mass is 9.87. The molecule has 0 heterocycles. The molecule has 0 saturated heterocycles. The summed E-state index contributed by atoms with van der Waals surface area (Å²) >= 11 is 0. The minimum atomic E-state index is -1.08. The Morgan fingerprint density at radius 3 is 1.97 bits per heavy atom. The van der Waals surface area contributed by atoms with E-state index in [1.165, 1.54) is 4.90 Å². The second kappa shape index (κ2) is 9.67. The van der Waals surface area contributed by atoms with Crippen LogP contribution < -0.4 is 10.2 Å². The van der Waals surface area contributed by atoms with Crippen molar-refractivity contribution in [1.82, 2.24) is 5.32 Å². The van der Waals surface area contributed by atoms with Crippen molar-refractivity contribution in [2.24, 2.45) is 0 Å². The van der Waals surface area contributed by atoms with E-state index in [2.05, 4.69) is 26.1 Å². The van der Waals surface area contributed by atoms with Crippen LogP contribution in [0, 0.1) is 11.6 Å². The van der Waals surface area contributed by atoms with Crippen molar-refractivity contribution in [1.29, 1.82) is 0 Å². The third-order valence-electron chi connectivity index (χ3n) is 4.80. The minimum absolute atomic E-state index is 0.0383. The summed E-state index contributed by atoms with van der Waals surface area (Å²) in [5.41, 5.74) is 1.18. The Kier molecular flexibility index (Phi) is 7.65. The molecule has 0 fully saturated rings. The van der Waals surface area contributed by atoms with Crippen molar-refractivity contribution >= 4 is 17.7 Å². The van der Waals surface area contributed by atoms with Gasteiger partial charge in [0.15, 0.2) is 0 Å². The number of alkyl carbamates (subject to hydrolysis) is 1. The molecule has 2 amide bonds. The number of likely N-dealkylation sites (N-methyl/N-ethyl adjacent to an activating group) is 1. The van der Waals surface area contributed by atoms with Gasteiger partial charge in [-0.25, -0.2) is 13.6 Å². The van der Waals surface area contributed by atoms with E-state index < -0.39 is 35.3 Å². The molecule has 7 heteroatoms. The van der Waals surface area contributed by atoms with Crippen LogP contribution in [0.1, 0.15) is 52.7 Å². The quantitative estimate of drug-likeness (QED) is 0.673. The van der Waals surface area contributed by atoms with Gasteiger partial charge < -0.3 is 15.0 Å². The van der Waals surface area contributed by atoms with E-state index >= 15 is 0 Å². The number of carbonyl (C=O) groups is 2. The number of hydrogen-bond donors (Lipinski definition) is 1. The van der Waals surface area contributed by atoms with Gasteiger partial charge in [0.25, 0.3) is 0 Å². The monoisotopic (exact) mass is 446 g/mol. The molecule has 1 N–H and O–H groups in total. The molecular weight excluding hydrogens is 414 g/mol. The number of nitrogens with zero attached hydrogens (tertiary/aromatic N) is 1. The standard InChI is InChI=1S/C25H32F2N2O3/c1-24(2,3)17-8-10-20(11-9-17)29(7)22(30)21(28-23(31)32-25(4,5)6)14-16-12-18(26)15-19(27)13-16/h8-13,15,21H,14H2,1-7H3,(H,28,31)/t21-/m0/s1. The lowest BCUT2D eigenvalue weighted by Gasteiger charge is -2.27. The largest absolute Gasteiger partial charge is 0.444 e. The Balaban J connectivity index is 2.29. The summed E-state index contributed by atoms with van der Waals surface area (Å²) in [5.74, 6) is -1.95. The van der Waals surface area contributed by atoms with E-state index in [1.54, 1.807) is 27.8 Å². The van der Waals surface area contributed by atoms with Crippen molar-refractivity contribution in [2.75, 3.05) is 11.9 Å². The molecular formula is C25H32F2N2O3. The number of ether oxygens (including phenoxy) is 1. The van der Waals surface area contributed by atoms with Gasteiger partial charge in [-0.15, -0.1) is 0 Å². The fourth-order valence-corrected chi connectivity index (χ4v) is 3.16. The van der Waals surface area contributed by atoms with Crippen LogP contribution in [0.25, 0.3) is 0 Å². The molecule has 0 aliphatic rings. The first kappa shape index (κ1) is 25.3. The number of nitrogens with one attached hydrogen (secondary N) is 1. The smallest absolute Gasteiger partial charge is 0.408 e. The molecule has 5 nitrogen and oxygen atoms in total. The van der Waals surface area contributed by atoms with Crippen molar-refractivity contribution in [3.05, 3.63) is 65.2 Å². The summed E-state index contributed by atoms with van der Waals surface area (Å²) in [6, 6.07) is 9.48. The first-order valence-electron chi connectivity index (χ1n) is 10.5. The van der Waals surface area contributed by atoms with E-state index in [0.29, 0.717) is 5.69 Å². The number of benzene rings is 2. The first-order chi connectivity index (χ1) is 14.7. The molecule has 0 radical (unpaired) electrons. The molecule has 2 aromatic carbocycles. The summed E-state index contributed by atoms with van der Waals surface area (Å²) in [6.07, 6.45) is -0.888. The van der Waals surface area contributed by atoms with Crippen LogP contribution >= 0.6 is 0 Å². The molecule has 0 aliphatic heterocycles. The summed E-state index contributed by atoms with van der Waals surface area (Å²) < 4.78 is 32.6. The van der Waals surface area contributed by atoms with Crippen molar-refractivity contribution in [3.63, 3.8) is 0 Å². The van der Waals surface area contributed by atoms with Gasteiger partial charge in [-0.3, -0.25) is 4.79 Å². The summed E-state index contributed by atoms with van der Waals surface area (Å²) in [6.45, 7) is 11.4. The second-order valence-electron chi connectivity index (χ2n) is 9.87. The topological polar surface area (TPSA) is 58.6 Å². The van der Waals surface area contributed by atoms with Gasteiger partial charge in [0.05, 0.1) is 0 Å². The van der Waals surface area contributed by atoms with Crippen molar-refractivity contribution in [3.8, 4) is 0 Å². The molecule has 1 atom stereocenters. The maximum absolute atomic E-state index is 13.7. The van der Waals surface area contributed by atoms with E-state index in [0.717, 1.165) is 23.8 Å². The van der Waals surface area contributed by atoms with Crippen LogP contribution in [0.2, 0.25) is 0 Å². The van der Waals surface area contributed by atoms with Crippen LogP contribution in [0.3, 0.4) is 0 Å². The highest BCUT2D eigenvalue weighted by Gasteiger charge is 2.28. The van der Waals surface area contributed by atoms with Crippen LogP contribution in [0.5, 0.6) is 0 Å². The summed E-state index contributed by atoms with van der Waals surface area (Å²) in [7, 11) is 1.59. The fourth-order valence-electron chi connectivity index (χ4n) is 3.16. The normalized spacial score (nSPS) is 12.8. The lowest BCUT2D eigenvalue weighted by molar-refractivity contribution is -0.120. The molecule has 0 saturated carbocycles. The highest BCUT2D eigenvalue weighted by Crippen LogP contribution is 2.25. The van der Waals surface area contributed by atoms with Crippen LogP contribution in [0.15, 0.2) is 42.5 Å². The zero-order valence-electron chi connectivity index (χ0n) is 19.8. The molecule has 174 valence electrons. The Hall–Kier alpha value is -2.96. The Morgan fingerprint density at radius 2 is 1.50 bits per heavy atom. The molecule has 0 unspecified atom stereocenters. The van der Waals surface area contributed by atoms with Crippen molar-refractivity contribution in [2.45, 2.75) is 65.0 Å². The van der Waals surface area contributed by atoms with Gasteiger partial charge in [0, 0.05) is 25.2 Å². The maximum atomic E-state index is 13.7.